The van der Waals surface area contributed by atoms with E-state index in [-0.39, 0.29) is 17.4 Å². The number of hydrogen-bond acceptors (Lipinski definition) is 6. The van der Waals surface area contributed by atoms with Crippen LogP contribution in [0.3, 0.4) is 0 Å². The van der Waals surface area contributed by atoms with Crippen LogP contribution in [0.1, 0.15) is 38.1 Å². The fourth-order valence-corrected chi connectivity index (χ4v) is 4.04. The maximum absolute atomic E-state index is 12.6. The number of fused-ring (bicyclic) bond motifs is 3. The highest BCUT2D eigenvalue weighted by atomic mass is 16.6. The van der Waals surface area contributed by atoms with Crippen LogP contribution in [0.25, 0.3) is 21.8 Å². The lowest BCUT2D eigenvalue weighted by atomic mass is 10.1. The number of carbonyl (C=O) groups excluding carboxylic acids is 2. The van der Waals surface area contributed by atoms with Crippen LogP contribution in [0.4, 0.5) is 4.79 Å². The van der Waals surface area contributed by atoms with Gasteiger partial charge in [-0.25, -0.2) is 9.78 Å². The first-order chi connectivity index (χ1) is 16.7. The van der Waals surface area contributed by atoms with E-state index in [1.54, 1.807) is 21.2 Å². The van der Waals surface area contributed by atoms with Gasteiger partial charge < -0.3 is 23.7 Å². The van der Waals surface area contributed by atoms with Crippen molar-refractivity contribution in [2.75, 3.05) is 21.2 Å². The third-order valence-electron chi connectivity index (χ3n) is 5.66. The van der Waals surface area contributed by atoms with Crippen molar-refractivity contribution < 1.29 is 23.8 Å². The normalized spacial score (nSPS) is 11.2. The summed E-state index contributed by atoms with van der Waals surface area (Å²) in [5.74, 6) is 1.51. The molecular weight excluding hydrogens is 446 g/mol. The zero-order valence-electron chi connectivity index (χ0n) is 20.8. The standard InChI is InChI=1S/C27H29N3O5/c1-16(2)26-28-22-20-9-7-8-10-21(20)24(35-27(32)29(4)5)25(34-17(3)31)23(22)30(26)15-18-11-13-19(33-6)14-12-18/h7-14,16H,15H2,1-6H3. The average Bonchev–Trinajstić information content (AvgIpc) is 3.21. The van der Waals surface area contributed by atoms with E-state index in [4.69, 9.17) is 19.2 Å². The van der Waals surface area contributed by atoms with Crippen molar-refractivity contribution in [3.05, 3.63) is 59.9 Å². The van der Waals surface area contributed by atoms with Crippen molar-refractivity contribution in [1.82, 2.24) is 14.5 Å². The van der Waals surface area contributed by atoms with Gasteiger partial charge in [-0.1, -0.05) is 50.2 Å². The summed E-state index contributed by atoms with van der Waals surface area (Å²) in [4.78, 5) is 31.2. The zero-order valence-corrected chi connectivity index (χ0v) is 20.8. The third-order valence-corrected chi connectivity index (χ3v) is 5.66. The van der Waals surface area contributed by atoms with Crippen LogP contribution in [0.15, 0.2) is 48.5 Å². The molecule has 0 spiro atoms. The van der Waals surface area contributed by atoms with E-state index in [2.05, 4.69) is 13.8 Å². The molecule has 0 aliphatic rings. The number of carbonyl (C=O) groups is 2. The van der Waals surface area contributed by atoms with Crippen molar-refractivity contribution in [1.29, 1.82) is 0 Å². The average molecular weight is 476 g/mol. The van der Waals surface area contributed by atoms with Crippen molar-refractivity contribution in [3.8, 4) is 17.2 Å². The molecule has 0 N–H and O–H groups in total. The van der Waals surface area contributed by atoms with E-state index < -0.39 is 12.1 Å². The van der Waals surface area contributed by atoms with E-state index in [0.29, 0.717) is 23.0 Å². The summed E-state index contributed by atoms with van der Waals surface area (Å²) in [6.45, 7) is 5.92. The quantitative estimate of drug-likeness (QED) is 0.276. The number of amides is 1. The van der Waals surface area contributed by atoms with Crippen LogP contribution in [0.2, 0.25) is 0 Å². The number of ether oxygens (including phenoxy) is 3. The Balaban J connectivity index is 2.07. The molecular formula is C27H29N3O5. The van der Waals surface area contributed by atoms with Gasteiger partial charge in [0.15, 0.2) is 11.5 Å². The molecule has 0 aliphatic heterocycles. The summed E-state index contributed by atoms with van der Waals surface area (Å²) < 4.78 is 18.8. The zero-order chi connectivity index (χ0) is 25.3. The molecule has 182 valence electrons. The molecule has 4 rings (SSSR count). The molecule has 3 aromatic carbocycles. The lowest BCUT2D eigenvalue weighted by molar-refractivity contribution is -0.131. The second-order valence-corrected chi connectivity index (χ2v) is 8.82. The number of esters is 1. The number of methoxy groups -OCH3 is 1. The highest BCUT2D eigenvalue weighted by molar-refractivity contribution is 6.12. The van der Waals surface area contributed by atoms with Crippen molar-refractivity contribution in [2.24, 2.45) is 0 Å². The molecule has 0 radical (unpaired) electrons. The van der Waals surface area contributed by atoms with Crippen molar-refractivity contribution >= 4 is 33.9 Å². The minimum absolute atomic E-state index is 0.0809. The Morgan fingerprint density at radius 3 is 2.20 bits per heavy atom. The number of aromatic nitrogens is 2. The lowest BCUT2D eigenvalue weighted by Crippen LogP contribution is -2.25. The van der Waals surface area contributed by atoms with Gasteiger partial charge in [-0.05, 0) is 17.7 Å². The lowest BCUT2D eigenvalue weighted by Gasteiger charge is -2.18. The molecule has 0 saturated heterocycles. The molecule has 1 heterocycles. The smallest absolute Gasteiger partial charge is 0.414 e. The minimum atomic E-state index is -0.576. The summed E-state index contributed by atoms with van der Waals surface area (Å²) in [5, 5.41) is 1.44. The van der Waals surface area contributed by atoms with Crippen molar-refractivity contribution in [3.63, 3.8) is 0 Å². The molecule has 0 atom stereocenters. The Hall–Kier alpha value is -4.07. The van der Waals surface area contributed by atoms with Crippen LogP contribution in [0, 0.1) is 0 Å². The Kier molecular flexibility index (Phi) is 6.64. The van der Waals surface area contributed by atoms with Crippen LogP contribution >= 0.6 is 0 Å². The van der Waals surface area contributed by atoms with E-state index in [9.17, 15) is 9.59 Å². The number of rotatable bonds is 6. The largest absolute Gasteiger partial charge is 0.497 e. The first-order valence-electron chi connectivity index (χ1n) is 11.4. The molecule has 0 saturated carbocycles. The molecule has 0 aliphatic carbocycles. The van der Waals surface area contributed by atoms with Gasteiger partial charge in [0.05, 0.1) is 7.11 Å². The van der Waals surface area contributed by atoms with Gasteiger partial charge in [0.2, 0.25) is 0 Å². The van der Waals surface area contributed by atoms with E-state index in [0.717, 1.165) is 22.5 Å². The summed E-state index contributed by atoms with van der Waals surface area (Å²) in [6, 6.07) is 15.3. The monoisotopic (exact) mass is 475 g/mol. The second kappa shape index (κ2) is 9.66. The fourth-order valence-electron chi connectivity index (χ4n) is 4.04. The number of hydrogen-bond donors (Lipinski definition) is 0. The molecule has 0 fully saturated rings. The minimum Gasteiger partial charge on any atom is -0.497 e. The molecule has 4 aromatic rings. The second-order valence-electron chi connectivity index (χ2n) is 8.82. The Labute approximate surface area is 204 Å². The van der Waals surface area contributed by atoms with Gasteiger partial charge in [-0.15, -0.1) is 0 Å². The number of benzene rings is 3. The topological polar surface area (TPSA) is 82.9 Å². The van der Waals surface area contributed by atoms with Gasteiger partial charge in [0, 0.05) is 44.3 Å². The first kappa shape index (κ1) is 24.1. The van der Waals surface area contributed by atoms with Gasteiger partial charge in [-0.3, -0.25) is 4.79 Å². The van der Waals surface area contributed by atoms with Gasteiger partial charge in [0.25, 0.3) is 0 Å². The summed E-state index contributed by atoms with van der Waals surface area (Å²) in [6.07, 6.45) is -0.576. The Morgan fingerprint density at radius 2 is 1.63 bits per heavy atom. The Bertz CT molecular complexity index is 1400. The van der Waals surface area contributed by atoms with Gasteiger partial charge in [0.1, 0.15) is 22.6 Å². The molecule has 35 heavy (non-hydrogen) atoms. The summed E-state index contributed by atoms with van der Waals surface area (Å²) >= 11 is 0. The van der Waals surface area contributed by atoms with Crippen molar-refractivity contribution in [2.45, 2.75) is 33.2 Å². The number of nitrogens with zero attached hydrogens (tertiary/aromatic N) is 3. The predicted octanol–water partition coefficient (Wildman–Crippen LogP) is 5.36. The SMILES string of the molecule is COc1ccc(Cn2c(C(C)C)nc3c4ccccc4c(OC(=O)N(C)C)c(OC(C)=O)c32)cc1. The molecule has 1 amide bonds. The molecule has 0 bridgehead atoms. The maximum Gasteiger partial charge on any atom is 0.414 e. The summed E-state index contributed by atoms with van der Waals surface area (Å²) in [5.41, 5.74) is 2.29. The fraction of sp³-hybridized carbons (Fsp3) is 0.296. The molecule has 8 nitrogen and oxygen atoms in total. The van der Waals surface area contributed by atoms with Crippen LogP contribution in [0.5, 0.6) is 17.2 Å². The molecule has 0 unspecified atom stereocenters. The van der Waals surface area contributed by atoms with Gasteiger partial charge in [-0.2, -0.15) is 0 Å². The van der Waals surface area contributed by atoms with Crippen LogP contribution < -0.4 is 14.2 Å². The van der Waals surface area contributed by atoms with E-state index in [1.165, 1.54) is 11.8 Å². The summed E-state index contributed by atoms with van der Waals surface area (Å²) in [7, 11) is 4.82. The van der Waals surface area contributed by atoms with Gasteiger partial charge >= 0.3 is 12.1 Å². The van der Waals surface area contributed by atoms with Crippen LogP contribution in [-0.4, -0.2) is 47.7 Å². The molecule has 8 heteroatoms. The third kappa shape index (κ3) is 4.64. The maximum atomic E-state index is 12.6. The van der Waals surface area contributed by atoms with E-state index >= 15 is 0 Å². The van der Waals surface area contributed by atoms with E-state index in [1.807, 2.05) is 53.1 Å². The Morgan fingerprint density at radius 1 is 0.971 bits per heavy atom. The predicted molar refractivity (Wildman–Crippen MR) is 134 cm³/mol. The number of imidazole rings is 1. The first-order valence-corrected chi connectivity index (χ1v) is 11.4. The highest BCUT2D eigenvalue weighted by Crippen LogP contribution is 2.45. The van der Waals surface area contributed by atoms with Crippen LogP contribution in [-0.2, 0) is 11.3 Å². The molecule has 1 aromatic heterocycles. The highest BCUT2D eigenvalue weighted by Gasteiger charge is 2.27.